The van der Waals surface area contributed by atoms with Gasteiger partial charge in [0.15, 0.2) is 11.9 Å². The van der Waals surface area contributed by atoms with Crippen LogP contribution < -0.4 is 0 Å². The summed E-state index contributed by atoms with van der Waals surface area (Å²) in [7, 11) is 0. The van der Waals surface area contributed by atoms with E-state index in [1.165, 1.54) is 12.1 Å². The Balaban J connectivity index is 2.71. The van der Waals surface area contributed by atoms with Crippen LogP contribution in [0.25, 0.3) is 0 Å². The van der Waals surface area contributed by atoms with E-state index < -0.39 is 18.5 Å². The van der Waals surface area contributed by atoms with Crippen molar-refractivity contribution in [2.75, 3.05) is 6.61 Å². The first-order valence-corrected chi connectivity index (χ1v) is 5.06. The van der Waals surface area contributed by atoms with Gasteiger partial charge < -0.3 is 24.5 Å². The molecule has 0 radical (unpaired) electrons. The Morgan fingerprint density at radius 1 is 1.39 bits per heavy atom. The summed E-state index contributed by atoms with van der Waals surface area (Å²) < 4.78 is 9.81. The van der Waals surface area contributed by atoms with E-state index in [9.17, 15) is 9.90 Å². The fourth-order valence-corrected chi connectivity index (χ4v) is 1.16. The highest BCUT2D eigenvalue weighted by Gasteiger charge is 2.25. The Hall–Kier alpha value is -1.89. The molecule has 6 nitrogen and oxygen atoms in total. The van der Waals surface area contributed by atoms with Crippen LogP contribution in [-0.2, 0) is 16.1 Å². The molecule has 3 N–H and O–H groups in total. The summed E-state index contributed by atoms with van der Waals surface area (Å²) in [4.78, 5) is 11.7. The first-order chi connectivity index (χ1) is 8.49. The van der Waals surface area contributed by atoms with Gasteiger partial charge in [-0.15, -0.1) is 0 Å². The molecule has 1 aromatic rings. The molecule has 1 atom stereocenters. The van der Waals surface area contributed by atoms with Gasteiger partial charge in [0, 0.05) is 0 Å². The predicted molar refractivity (Wildman–Crippen MR) is 61.0 cm³/mol. The summed E-state index contributed by atoms with van der Waals surface area (Å²) >= 11 is 0. The Bertz CT molecular complexity index is 459. The van der Waals surface area contributed by atoms with Crippen molar-refractivity contribution in [3.8, 4) is 0 Å². The molecular weight excluding hydrogens is 240 g/mol. The number of carbonyl (C=O) groups excluding carboxylic acids is 1. The van der Waals surface area contributed by atoms with Crippen LogP contribution in [0, 0.1) is 0 Å². The fraction of sp³-hybridized carbons (Fsp3) is 0.250. The van der Waals surface area contributed by atoms with Crippen LogP contribution in [0.5, 0.6) is 0 Å². The highest BCUT2D eigenvalue weighted by molar-refractivity contribution is 5.96. The van der Waals surface area contributed by atoms with Gasteiger partial charge in [-0.2, -0.15) is 0 Å². The molecule has 1 heterocycles. The predicted octanol–water partition coefficient (Wildman–Crippen LogP) is 0.411. The monoisotopic (exact) mass is 254 g/mol. The smallest absolute Gasteiger partial charge is 0.233 e. The number of aliphatic hydroxyl groups is 3. The highest BCUT2D eigenvalue weighted by Crippen LogP contribution is 2.21. The second-order valence-electron chi connectivity index (χ2n) is 3.45. The van der Waals surface area contributed by atoms with Gasteiger partial charge in [-0.3, -0.25) is 4.79 Å². The maximum Gasteiger partial charge on any atom is 0.233 e. The minimum atomic E-state index is -1.58. The Morgan fingerprint density at radius 2 is 2.06 bits per heavy atom. The number of Topliss-reactive ketones (excluding diaryl/α,β-unsaturated/α-hetero) is 1. The van der Waals surface area contributed by atoms with E-state index in [4.69, 9.17) is 19.4 Å². The lowest BCUT2D eigenvalue weighted by Crippen LogP contribution is -2.15. The molecule has 98 valence electrons. The minimum absolute atomic E-state index is 0.0246. The molecule has 0 spiro atoms. The third kappa shape index (κ3) is 3.30. The number of carbonyl (C=O) groups is 1. The van der Waals surface area contributed by atoms with Crippen LogP contribution in [0.1, 0.15) is 17.6 Å². The van der Waals surface area contributed by atoms with Gasteiger partial charge in [0.25, 0.3) is 0 Å². The van der Waals surface area contributed by atoms with Gasteiger partial charge in [0.1, 0.15) is 30.5 Å². The first kappa shape index (κ1) is 14.2. The highest BCUT2D eigenvalue weighted by atomic mass is 16.5. The maximum absolute atomic E-state index is 11.7. The van der Waals surface area contributed by atoms with Crippen molar-refractivity contribution in [3.05, 3.63) is 48.3 Å². The van der Waals surface area contributed by atoms with E-state index in [1.807, 2.05) is 0 Å². The third-order valence-corrected chi connectivity index (χ3v) is 2.07. The third-order valence-electron chi connectivity index (χ3n) is 2.07. The summed E-state index contributed by atoms with van der Waals surface area (Å²) in [5, 5.41) is 27.2. The molecule has 0 aliphatic carbocycles. The number of furan rings is 1. The zero-order valence-electron chi connectivity index (χ0n) is 9.63. The Kier molecular flexibility index (Phi) is 4.85. The van der Waals surface area contributed by atoms with Gasteiger partial charge in [-0.05, 0) is 12.1 Å². The SMILES string of the molecule is C=C(CO)OC(=C)C(=O)C(O)c1ccc(CO)o1. The summed E-state index contributed by atoms with van der Waals surface area (Å²) in [6, 6.07) is 2.80. The molecule has 0 amide bonds. The van der Waals surface area contributed by atoms with E-state index in [0.717, 1.165) is 0 Å². The molecule has 1 aromatic heterocycles. The van der Waals surface area contributed by atoms with Crippen LogP contribution in [0.2, 0.25) is 0 Å². The standard InChI is InChI=1S/C12H14O6/c1-7(5-13)17-8(2)11(15)12(16)10-4-3-9(6-14)18-10/h3-4,12-14,16H,1-2,5-6H2. The Labute approximate surface area is 103 Å². The number of hydrogen-bond acceptors (Lipinski definition) is 6. The summed E-state index contributed by atoms with van der Waals surface area (Å²) in [5.41, 5.74) is 0. The van der Waals surface area contributed by atoms with Crippen LogP contribution in [0.4, 0.5) is 0 Å². The van der Waals surface area contributed by atoms with Gasteiger partial charge in [-0.25, -0.2) is 0 Å². The molecule has 1 rings (SSSR count). The van der Waals surface area contributed by atoms with E-state index in [1.54, 1.807) is 0 Å². The molecule has 0 fully saturated rings. The molecule has 6 heteroatoms. The lowest BCUT2D eigenvalue weighted by molar-refractivity contribution is -0.127. The summed E-state index contributed by atoms with van der Waals surface area (Å²) in [6.45, 7) is 5.85. The van der Waals surface area contributed by atoms with Gasteiger partial charge in [-0.1, -0.05) is 13.2 Å². The first-order valence-electron chi connectivity index (χ1n) is 5.06. The molecule has 0 bridgehead atoms. The largest absolute Gasteiger partial charge is 0.460 e. The van der Waals surface area contributed by atoms with E-state index in [-0.39, 0.29) is 29.6 Å². The van der Waals surface area contributed by atoms with Crippen LogP contribution >= 0.6 is 0 Å². The zero-order valence-corrected chi connectivity index (χ0v) is 9.63. The van der Waals surface area contributed by atoms with Crippen LogP contribution in [0.3, 0.4) is 0 Å². The van der Waals surface area contributed by atoms with E-state index in [0.29, 0.717) is 0 Å². The molecule has 18 heavy (non-hydrogen) atoms. The molecular formula is C12H14O6. The van der Waals surface area contributed by atoms with E-state index >= 15 is 0 Å². The van der Waals surface area contributed by atoms with Crippen molar-refractivity contribution in [3.63, 3.8) is 0 Å². The lowest BCUT2D eigenvalue weighted by Gasteiger charge is -2.11. The zero-order chi connectivity index (χ0) is 13.7. The average molecular weight is 254 g/mol. The number of aliphatic hydroxyl groups excluding tert-OH is 3. The normalized spacial score (nSPS) is 11.9. The van der Waals surface area contributed by atoms with Crippen molar-refractivity contribution >= 4 is 5.78 Å². The topological polar surface area (TPSA) is 100 Å². The minimum Gasteiger partial charge on any atom is -0.460 e. The Morgan fingerprint density at radius 3 is 2.56 bits per heavy atom. The summed E-state index contributed by atoms with van der Waals surface area (Å²) in [6.07, 6.45) is -1.58. The molecule has 0 aliphatic heterocycles. The average Bonchev–Trinajstić information content (AvgIpc) is 2.85. The lowest BCUT2D eigenvalue weighted by atomic mass is 10.1. The van der Waals surface area contributed by atoms with Gasteiger partial charge >= 0.3 is 0 Å². The molecule has 0 saturated heterocycles. The fourth-order valence-electron chi connectivity index (χ4n) is 1.16. The number of ether oxygens (including phenoxy) is 1. The number of hydrogen-bond donors (Lipinski definition) is 3. The van der Waals surface area contributed by atoms with Crippen molar-refractivity contribution in [1.29, 1.82) is 0 Å². The van der Waals surface area contributed by atoms with Gasteiger partial charge in [0.05, 0.1) is 0 Å². The van der Waals surface area contributed by atoms with Crippen molar-refractivity contribution in [2.24, 2.45) is 0 Å². The molecule has 0 aliphatic rings. The van der Waals surface area contributed by atoms with Crippen LogP contribution in [-0.4, -0.2) is 27.7 Å². The van der Waals surface area contributed by atoms with Gasteiger partial charge in [0.2, 0.25) is 5.78 Å². The number of rotatable bonds is 7. The van der Waals surface area contributed by atoms with Crippen molar-refractivity contribution in [1.82, 2.24) is 0 Å². The van der Waals surface area contributed by atoms with Crippen LogP contribution in [0.15, 0.2) is 41.2 Å². The summed E-state index contributed by atoms with van der Waals surface area (Å²) in [5.74, 6) is -1.03. The molecule has 1 unspecified atom stereocenters. The second kappa shape index (κ2) is 6.15. The molecule has 0 aromatic carbocycles. The molecule has 0 saturated carbocycles. The maximum atomic E-state index is 11.7. The number of ketones is 1. The van der Waals surface area contributed by atoms with Crippen molar-refractivity contribution < 1.29 is 29.3 Å². The van der Waals surface area contributed by atoms with E-state index in [2.05, 4.69) is 13.2 Å². The quantitative estimate of drug-likeness (QED) is 0.481. The van der Waals surface area contributed by atoms with Crippen molar-refractivity contribution in [2.45, 2.75) is 12.7 Å². The second-order valence-corrected chi connectivity index (χ2v) is 3.45.